The number of nitrogens with zero attached hydrogens (tertiary/aromatic N) is 2. The predicted octanol–water partition coefficient (Wildman–Crippen LogP) is 3.24. The van der Waals surface area contributed by atoms with E-state index in [2.05, 4.69) is 31.2 Å². The van der Waals surface area contributed by atoms with Crippen LogP contribution in [0.5, 0.6) is 0 Å². The molecule has 0 atom stereocenters. The highest BCUT2D eigenvalue weighted by Crippen LogP contribution is 2.12. The summed E-state index contributed by atoms with van der Waals surface area (Å²) in [4.78, 5) is 26.9. The van der Waals surface area contributed by atoms with E-state index in [0.29, 0.717) is 25.1 Å². The number of hydrogen-bond acceptors (Lipinski definition) is 3. The fraction of sp³-hybridized carbons (Fsp3) is 0.304. The zero-order chi connectivity index (χ0) is 19.9. The molecule has 0 N–H and O–H groups in total. The predicted molar refractivity (Wildman–Crippen MR) is 111 cm³/mol. The van der Waals surface area contributed by atoms with Gasteiger partial charge in [-0.1, -0.05) is 43.3 Å². The van der Waals surface area contributed by atoms with Gasteiger partial charge in [0, 0.05) is 37.8 Å². The Balaban J connectivity index is 1.81. The van der Waals surface area contributed by atoms with Crippen molar-refractivity contribution in [1.82, 2.24) is 9.47 Å². The number of carbonyl (C=O) groups excluding carboxylic acids is 1. The Bertz CT molecular complexity index is 993. The number of aryl methyl sites for hydroxylation is 1. The van der Waals surface area contributed by atoms with E-state index in [4.69, 9.17) is 4.74 Å². The molecule has 5 nitrogen and oxygen atoms in total. The van der Waals surface area contributed by atoms with Crippen molar-refractivity contribution in [2.75, 3.05) is 20.3 Å². The molecule has 2 aromatic carbocycles. The molecule has 28 heavy (non-hydrogen) atoms. The number of hydrogen-bond donors (Lipinski definition) is 0. The van der Waals surface area contributed by atoms with Gasteiger partial charge in [0.1, 0.15) is 6.54 Å². The number of rotatable bonds is 8. The van der Waals surface area contributed by atoms with Gasteiger partial charge in [-0.3, -0.25) is 9.59 Å². The number of benzene rings is 2. The molecule has 5 heteroatoms. The molecule has 146 valence electrons. The van der Waals surface area contributed by atoms with E-state index in [-0.39, 0.29) is 17.9 Å². The van der Waals surface area contributed by atoms with Crippen molar-refractivity contribution in [2.24, 2.45) is 0 Å². The lowest BCUT2D eigenvalue weighted by Crippen LogP contribution is -2.36. The van der Waals surface area contributed by atoms with Crippen molar-refractivity contribution >= 4 is 16.8 Å². The molecule has 0 fully saturated rings. The molecular formula is C23H26N2O3. The summed E-state index contributed by atoms with van der Waals surface area (Å²) in [5.74, 6) is -0.00887. The third-order valence-corrected chi connectivity index (χ3v) is 4.91. The van der Waals surface area contributed by atoms with Crippen molar-refractivity contribution in [1.29, 1.82) is 0 Å². The molecule has 1 aromatic heterocycles. The first-order valence-electron chi connectivity index (χ1n) is 9.55. The molecule has 0 bridgehead atoms. The van der Waals surface area contributed by atoms with E-state index < -0.39 is 0 Å². The molecule has 1 amide bonds. The first-order chi connectivity index (χ1) is 13.6. The Labute approximate surface area is 165 Å². The average Bonchev–Trinajstić information content (AvgIpc) is 2.73. The molecule has 0 spiro atoms. The molecule has 0 aliphatic rings. The van der Waals surface area contributed by atoms with E-state index >= 15 is 0 Å². The minimum atomic E-state index is -0.0356. The molecule has 0 aliphatic heterocycles. The van der Waals surface area contributed by atoms with Gasteiger partial charge in [0.25, 0.3) is 0 Å². The van der Waals surface area contributed by atoms with E-state index in [0.717, 1.165) is 17.5 Å². The van der Waals surface area contributed by atoms with Gasteiger partial charge in [0.2, 0.25) is 5.91 Å². The van der Waals surface area contributed by atoms with Crippen LogP contribution in [0.1, 0.15) is 18.1 Å². The highest BCUT2D eigenvalue weighted by Gasteiger charge is 2.15. The molecular weight excluding hydrogens is 352 g/mol. The molecule has 0 unspecified atom stereocenters. The van der Waals surface area contributed by atoms with Gasteiger partial charge in [0.05, 0.1) is 12.1 Å². The monoisotopic (exact) mass is 378 g/mol. The Kier molecular flexibility index (Phi) is 6.61. The number of pyridine rings is 1. The topological polar surface area (TPSA) is 51.5 Å². The molecule has 1 heterocycles. The zero-order valence-corrected chi connectivity index (χ0v) is 16.4. The van der Waals surface area contributed by atoms with Gasteiger partial charge in [-0.05, 0) is 29.7 Å². The second-order valence-electron chi connectivity index (χ2n) is 6.80. The summed E-state index contributed by atoms with van der Waals surface area (Å²) >= 11 is 0. The van der Waals surface area contributed by atoms with Gasteiger partial charge < -0.3 is 14.2 Å². The third-order valence-electron chi connectivity index (χ3n) is 4.91. The standard InChI is InChI=1S/C23H26N2O3/c1-3-18-8-10-19(11-9-18)16-25(14-15-28-2)23(27)17-24-13-12-22(26)20-6-4-5-7-21(20)24/h4-13H,3,14-17H2,1-2H3. The average molecular weight is 378 g/mol. The lowest BCUT2D eigenvalue weighted by Gasteiger charge is -2.24. The molecule has 0 saturated carbocycles. The third kappa shape index (κ3) is 4.67. The minimum Gasteiger partial charge on any atom is -0.383 e. The Morgan fingerprint density at radius 3 is 2.46 bits per heavy atom. The summed E-state index contributed by atoms with van der Waals surface area (Å²) in [7, 11) is 1.63. The highest BCUT2D eigenvalue weighted by molar-refractivity contribution is 5.82. The molecule has 3 aromatic rings. The van der Waals surface area contributed by atoms with Crippen LogP contribution >= 0.6 is 0 Å². The lowest BCUT2D eigenvalue weighted by molar-refractivity contribution is -0.133. The van der Waals surface area contributed by atoms with Crippen LogP contribution in [0.3, 0.4) is 0 Å². The number of para-hydroxylation sites is 1. The minimum absolute atomic E-state index is 0.00887. The Morgan fingerprint density at radius 2 is 1.75 bits per heavy atom. The van der Waals surface area contributed by atoms with Gasteiger partial charge in [-0.25, -0.2) is 0 Å². The normalized spacial score (nSPS) is 10.9. The summed E-state index contributed by atoms with van der Waals surface area (Å²) in [6.45, 7) is 3.83. The first kappa shape index (κ1) is 19.8. The molecule has 0 aliphatic carbocycles. The van der Waals surface area contributed by atoms with E-state index in [9.17, 15) is 9.59 Å². The maximum Gasteiger partial charge on any atom is 0.242 e. The summed E-state index contributed by atoms with van der Waals surface area (Å²) in [5.41, 5.74) is 3.10. The van der Waals surface area contributed by atoms with Crippen molar-refractivity contribution < 1.29 is 9.53 Å². The highest BCUT2D eigenvalue weighted by atomic mass is 16.5. The maximum absolute atomic E-state index is 13.0. The lowest BCUT2D eigenvalue weighted by atomic mass is 10.1. The van der Waals surface area contributed by atoms with Crippen molar-refractivity contribution in [3.05, 3.63) is 82.1 Å². The van der Waals surface area contributed by atoms with Gasteiger partial charge >= 0.3 is 0 Å². The fourth-order valence-corrected chi connectivity index (χ4v) is 3.24. The van der Waals surface area contributed by atoms with Crippen LogP contribution in [-0.2, 0) is 29.0 Å². The Hall–Kier alpha value is -2.92. The van der Waals surface area contributed by atoms with E-state index in [1.165, 1.54) is 11.6 Å². The quantitative estimate of drug-likeness (QED) is 0.605. The van der Waals surface area contributed by atoms with Crippen molar-refractivity contribution in [3.8, 4) is 0 Å². The zero-order valence-electron chi connectivity index (χ0n) is 16.4. The molecule has 0 radical (unpaired) electrons. The second-order valence-corrected chi connectivity index (χ2v) is 6.80. The van der Waals surface area contributed by atoms with Crippen LogP contribution in [0.25, 0.3) is 10.9 Å². The maximum atomic E-state index is 13.0. The number of carbonyl (C=O) groups is 1. The Morgan fingerprint density at radius 1 is 1.04 bits per heavy atom. The van der Waals surface area contributed by atoms with Crippen LogP contribution in [0.15, 0.2) is 65.6 Å². The smallest absolute Gasteiger partial charge is 0.242 e. The molecule has 0 saturated heterocycles. The van der Waals surface area contributed by atoms with Gasteiger partial charge in [-0.2, -0.15) is 0 Å². The van der Waals surface area contributed by atoms with Crippen molar-refractivity contribution in [2.45, 2.75) is 26.4 Å². The van der Waals surface area contributed by atoms with Gasteiger partial charge in [-0.15, -0.1) is 0 Å². The summed E-state index contributed by atoms with van der Waals surface area (Å²) in [5, 5.41) is 0.622. The first-order valence-corrected chi connectivity index (χ1v) is 9.55. The number of methoxy groups -OCH3 is 1. The van der Waals surface area contributed by atoms with Crippen molar-refractivity contribution in [3.63, 3.8) is 0 Å². The second kappa shape index (κ2) is 9.33. The molecule has 3 rings (SSSR count). The largest absolute Gasteiger partial charge is 0.383 e. The SMILES string of the molecule is CCc1ccc(CN(CCOC)C(=O)Cn2ccc(=O)c3ccccc32)cc1. The van der Waals surface area contributed by atoms with Crippen LogP contribution in [-0.4, -0.2) is 35.6 Å². The summed E-state index contributed by atoms with van der Waals surface area (Å²) in [6.07, 6.45) is 2.68. The number of aromatic nitrogens is 1. The van der Waals surface area contributed by atoms with E-state index in [1.807, 2.05) is 22.8 Å². The number of ether oxygens (including phenoxy) is 1. The fourth-order valence-electron chi connectivity index (χ4n) is 3.24. The van der Waals surface area contributed by atoms with Crippen LogP contribution in [0, 0.1) is 0 Å². The van der Waals surface area contributed by atoms with Gasteiger partial charge in [0.15, 0.2) is 5.43 Å². The van der Waals surface area contributed by atoms with Crippen LogP contribution in [0.2, 0.25) is 0 Å². The van der Waals surface area contributed by atoms with Crippen LogP contribution in [0.4, 0.5) is 0 Å². The van der Waals surface area contributed by atoms with Crippen LogP contribution < -0.4 is 5.43 Å². The number of amides is 1. The van der Waals surface area contributed by atoms with E-state index in [1.54, 1.807) is 24.3 Å². The summed E-state index contributed by atoms with van der Waals surface area (Å²) in [6, 6.07) is 17.2. The number of fused-ring (bicyclic) bond motifs is 1. The summed E-state index contributed by atoms with van der Waals surface area (Å²) < 4.78 is 7.02.